The third-order valence-corrected chi connectivity index (χ3v) is 5.97. The molecule has 0 aliphatic heterocycles. The Morgan fingerprint density at radius 3 is 2.70 bits per heavy atom. The van der Waals surface area contributed by atoms with E-state index in [-0.39, 0.29) is 16.3 Å². The molecule has 0 saturated carbocycles. The van der Waals surface area contributed by atoms with Crippen molar-refractivity contribution in [1.82, 2.24) is 0 Å². The summed E-state index contributed by atoms with van der Waals surface area (Å²) in [5.74, 6) is -1.04. The van der Waals surface area contributed by atoms with E-state index in [9.17, 15) is 19.7 Å². The second-order valence-electron chi connectivity index (χ2n) is 6.14. The van der Waals surface area contributed by atoms with Crippen LogP contribution in [0, 0.1) is 10.1 Å². The van der Waals surface area contributed by atoms with Crippen molar-refractivity contribution >= 4 is 45.5 Å². The highest BCUT2D eigenvalue weighted by Crippen LogP contribution is 2.38. The molecule has 1 N–H and O–H groups in total. The molecule has 0 bridgehead atoms. The number of hydrogen-bond acceptors (Lipinski definition) is 6. The maximum absolute atomic E-state index is 12.6. The predicted molar refractivity (Wildman–Crippen MR) is 103 cm³/mol. The van der Waals surface area contributed by atoms with Crippen LogP contribution in [-0.4, -0.2) is 23.9 Å². The van der Waals surface area contributed by atoms with Crippen LogP contribution in [0.1, 0.15) is 50.4 Å². The number of nitrogens with one attached hydrogen (secondary N) is 1. The molecule has 1 aliphatic rings. The number of nitro groups is 1. The van der Waals surface area contributed by atoms with Crippen molar-refractivity contribution in [2.45, 2.75) is 32.1 Å². The molecule has 1 aromatic heterocycles. The first-order valence-electron chi connectivity index (χ1n) is 8.40. The van der Waals surface area contributed by atoms with Crippen molar-refractivity contribution in [1.29, 1.82) is 0 Å². The SMILES string of the molecule is COC(=O)c1c(NC(=O)c2ccc(Cl)c([N+](=O)[O-])c2)sc2c1CCCCC2. The molecule has 3 rings (SSSR count). The number of fused-ring (bicyclic) bond motifs is 1. The highest BCUT2D eigenvalue weighted by molar-refractivity contribution is 7.17. The number of methoxy groups -OCH3 is 1. The topological polar surface area (TPSA) is 98.5 Å². The lowest BCUT2D eigenvalue weighted by molar-refractivity contribution is -0.384. The number of benzene rings is 1. The minimum Gasteiger partial charge on any atom is -0.465 e. The molecule has 1 amide bonds. The Morgan fingerprint density at radius 2 is 2.00 bits per heavy atom. The lowest BCUT2D eigenvalue weighted by Crippen LogP contribution is -2.15. The van der Waals surface area contributed by atoms with Gasteiger partial charge in [-0.2, -0.15) is 0 Å². The zero-order valence-corrected chi connectivity index (χ0v) is 16.1. The van der Waals surface area contributed by atoms with Crippen LogP contribution in [0.25, 0.3) is 0 Å². The Labute approximate surface area is 164 Å². The van der Waals surface area contributed by atoms with Gasteiger partial charge in [0, 0.05) is 16.5 Å². The van der Waals surface area contributed by atoms with Crippen molar-refractivity contribution in [3.8, 4) is 0 Å². The number of carbonyl (C=O) groups excluding carboxylic acids is 2. The van der Waals surface area contributed by atoms with Crippen LogP contribution >= 0.6 is 22.9 Å². The van der Waals surface area contributed by atoms with E-state index in [1.54, 1.807) is 0 Å². The normalized spacial score (nSPS) is 13.4. The van der Waals surface area contributed by atoms with Gasteiger partial charge >= 0.3 is 5.97 Å². The van der Waals surface area contributed by atoms with Crippen LogP contribution in [0.5, 0.6) is 0 Å². The van der Waals surface area contributed by atoms with Crippen molar-refractivity contribution in [2.24, 2.45) is 0 Å². The Hall–Kier alpha value is -2.45. The van der Waals surface area contributed by atoms with E-state index < -0.39 is 16.8 Å². The van der Waals surface area contributed by atoms with Gasteiger partial charge in [0.15, 0.2) is 0 Å². The predicted octanol–water partition coefficient (Wildman–Crippen LogP) is 4.62. The molecule has 0 unspecified atom stereocenters. The van der Waals surface area contributed by atoms with Crippen molar-refractivity contribution < 1.29 is 19.2 Å². The zero-order chi connectivity index (χ0) is 19.6. The number of nitrogens with zero attached hydrogens (tertiary/aromatic N) is 1. The van der Waals surface area contributed by atoms with E-state index >= 15 is 0 Å². The van der Waals surface area contributed by atoms with Gasteiger partial charge in [0.1, 0.15) is 10.0 Å². The van der Waals surface area contributed by atoms with E-state index in [4.69, 9.17) is 16.3 Å². The Morgan fingerprint density at radius 1 is 1.26 bits per heavy atom. The van der Waals surface area contributed by atoms with Crippen LogP contribution in [0.3, 0.4) is 0 Å². The summed E-state index contributed by atoms with van der Waals surface area (Å²) in [5.41, 5.74) is 1.06. The van der Waals surface area contributed by atoms with Gasteiger partial charge in [-0.25, -0.2) is 4.79 Å². The lowest BCUT2D eigenvalue weighted by Gasteiger charge is -2.08. The van der Waals surface area contributed by atoms with Crippen LogP contribution in [-0.2, 0) is 17.6 Å². The first kappa shape index (κ1) is 19.3. The monoisotopic (exact) mass is 408 g/mol. The molecule has 0 saturated heterocycles. The molecule has 9 heteroatoms. The number of halogens is 1. The van der Waals surface area contributed by atoms with Gasteiger partial charge in [-0.1, -0.05) is 18.0 Å². The van der Waals surface area contributed by atoms with E-state index in [0.717, 1.165) is 48.6 Å². The van der Waals surface area contributed by atoms with E-state index in [0.29, 0.717) is 10.6 Å². The number of nitro benzene ring substituents is 1. The zero-order valence-electron chi connectivity index (χ0n) is 14.5. The van der Waals surface area contributed by atoms with E-state index in [1.807, 2.05) is 0 Å². The molecule has 1 aliphatic carbocycles. The minimum absolute atomic E-state index is 0.0466. The highest BCUT2D eigenvalue weighted by atomic mass is 35.5. The number of esters is 1. The fourth-order valence-electron chi connectivity index (χ4n) is 3.12. The van der Waals surface area contributed by atoms with Gasteiger partial charge in [0.05, 0.1) is 17.6 Å². The number of thiophene rings is 1. The van der Waals surface area contributed by atoms with Crippen LogP contribution in [0.15, 0.2) is 18.2 Å². The van der Waals surface area contributed by atoms with Crippen molar-refractivity contribution in [3.05, 3.63) is 54.9 Å². The Kier molecular flexibility index (Phi) is 5.76. The molecule has 7 nitrogen and oxygen atoms in total. The summed E-state index contributed by atoms with van der Waals surface area (Å²) in [7, 11) is 1.30. The molecule has 0 atom stereocenters. The van der Waals surface area contributed by atoms with E-state index in [1.165, 1.54) is 30.6 Å². The maximum Gasteiger partial charge on any atom is 0.341 e. The summed E-state index contributed by atoms with van der Waals surface area (Å²) < 4.78 is 4.91. The molecule has 1 heterocycles. The van der Waals surface area contributed by atoms with Gasteiger partial charge in [0.25, 0.3) is 11.6 Å². The number of rotatable bonds is 4. The van der Waals surface area contributed by atoms with Crippen molar-refractivity contribution in [3.63, 3.8) is 0 Å². The molecular formula is C18H17ClN2O5S. The Bertz CT molecular complexity index is 925. The number of anilines is 1. The Balaban J connectivity index is 1.95. The van der Waals surface area contributed by atoms with Gasteiger partial charge in [-0.15, -0.1) is 11.3 Å². The fraction of sp³-hybridized carbons (Fsp3) is 0.333. The average molecular weight is 409 g/mol. The highest BCUT2D eigenvalue weighted by Gasteiger charge is 2.27. The number of ether oxygens (including phenoxy) is 1. The van der Waals surface area contributed by atoms with Crippen LogP contribution in [0.4, 0.5) is 10.7 Å². The quantitative estimate of drug-likeness (QED) is 0.344. The van der Waals surface area contributed by atoms with Crippen LogP contribution < -0.4 is 5.32 Å². The van der Waals surface area contributed by atoms with Gasteiger partial charge in [0.2, 0.25) is 0 Å². The summed E-state index contributed by atoms with van der Waals surface area (Å²) >= 11 is 7.16. The summed E-state index contributed by atoms with van der Waals surface area (Å²) in [6.45, 7) is 0. The summed E-state index contributed by atoms with van der Waals surface area (Å²) in [6, 6.07) is 3.83. The third kappa shape index (κ3) is 3.96. The fourth-order valence-corrected chi connectivity index (χ4v) is 4.58. The van der Waals surface area contributed by atoms with E-state index in [2.05, 4.69) is 5.32 Å². The number of hydrogen-bond donors (Lipinski definition) is 1. The number of aryl methyl sites for hydroxylation is 1. The lowest BCUT2D eigenvalue weighted by atomic mass is 10.1. The second kappa shape index (κ2) is 8.06. The van der Waals surface area contributed by atoms with Gasteiger partial charge < -0.3 is 10.1 Å². The molecule has 142 valence electrons. The van der Waals surface area contributed by atoms with Gasteiger partial charge in [-0.3, -0.25) is 14.9 Å². The molecule has 1 aromatic carbocycles. The molecular weight excluding hydrogens is 392 g/mol. The summed E-state index contributed by atoms with van der Waals surface area (Å²) in [5, 5.41) is 14.1. The van der Waals surface area contributed by atoms with Crippen LogP contribution in [0.2, 0.25) is 5.02 Å². The first-order chi connectivity index (χ1) is 12.9. The third-order valence-electron chi connectivity index (χ3n) is 4.44. The second-order valence-corrected chi connectivity index (χ2v) is 7.65. The number of amides is 1. The molecule has 2 aromatic rings. The minimum atomic E-state index is -0.646. The molecule has 0 radical (unpaired) electrons. The maximum atomic E-state index is 12.6. The molecule has 0 spiro atoms. The average Bonchev–Trinajstić information content (AvgIpc) is 2.82. The van der Waals surface area contributed by atoms with Gasteiger partial charge in [-0.05, 0) is 43.4 Å². The molecule has 27 heavy (non-hydrogen) atoms. The summed E-state index contributed by atoms with van der Waals surface area (Å²) in [4.78, 5) is 36.4. The number of carbonyl (C=O) groups is 2. The van der Waals surface area contributed by atoms with Crippen molar-refractivity contribution in [2.75, 3.05) is 12.4 Å². The first-order valence-corrected chi connectivity index (χ1v) is 9.60. The molecule has 0 fully saturated rings. The smallest absolute Gasteiger partial charge is 0.341 e. The summed E-state index contributed by atoms with van der Waals surface area (Å²) in [6.07, 6.45) is 4.72. The standard InChI is InChI=1S/C18H17ClN2O5S/c1-26-18(23)15-11-5-3-2-4-6-14(11)27-17(15)20-16(22)10-7-8-12(19)13(9-10)21(24)25/h7-9H,2-6H2,1H3,(H,20,22). The largest absolute Gasteiger partial charge is 0.465 e.